The summed E-state index contributed by atoms with van der Waals surface area (Å²) in [6, 6.07) is 5.93. The molecular formula is C38H40Cl2O10. The van der Waals surface area contributed by atoms with Crippen LogP contribution in [-0.2, 0) is 20.7 Å². The van der Waals surface area contributed by atoms with Crippen molar-refractivity contribution in [3.8, 4) is 34.5 Å². The summed E-state index contributed by atoms with van der Waals surface area (Å²) < 4.78 is 21.6. The summed E-state index contributed by atoms with van der Waals surface area (Å²) in [6.45, 7) is 8.31. The lowest BCUT2D eigenvalue weighted by Crippen LogP contribution is -2.45. The van der Waals surface area contributed by atoms with E-state index >= 15 is 0 Å². The zero-order valence-electron chi connectivity index (χ0n) is 28.7. The van der Waals surface area contributed by atoms with Crippen LogP contribution in [0.25, 0.3) is 0 Å². The number of phenolic OH excluding ortho intramolecular Hbond substituents is 3. The van der Waals surface area contributed by atoms with Gasteiger partial charge in [-0.1, -0.05) is 36.2 Å². The van der Waals surface area contributed by atoms with Crippen molar-refractivity contribution in [3.63, 3.8) is 0 Å². The molecule has 0 radical (unpaired) electrons. The zero-order chi connectivity index (χ0) is 36.4. The first kappa shape index (κ1) is 35.7. The van der Waals surface area contributed by atoms with Gasteiger partial charge in [-0.2, -0.15) is 0 Å². The largest absolute Gasteiger partial charge is 0.508 e. The topological polar surface area (TPSA) is 149 Å². The summed E-state index contributed by atoms with van der Waals surface area (Å²) in [5.74, 6) is -0.505. The molecule has 7 rings (SSSR count). The summed E-state index contributed by atoms with van der Waals surface area (Å²) in [4.78, 5) is 36.2. The lowest BCUT2D eigenvalue weighted by molar-refractivity contribution is -0.154. The number of phenols is 3. The first-order valence-electron chi connectivity index (χ1n) is 16.6. The number of esters is 3. The van der Waals surface area contributed by atoms with E-state index in [4.69, 9.17) is 42.1 Å². The van der Waals surface area contributed by atoms with Crippen molar-refractivity contribution in [2.45, 2.75) is 85.2 Å². The van der Waals surface area contributed by atoms with Crippen LogP contribution in [0.1, 0.15) is 100 Å². The Kier molecular flexibility index (Phi) is 9.41. The van der Waals surface area contributed by atoms with Gasteiger partial charge in [0.25, 0.3) is 0 Å². The first-order chi connectivity index (χ1) is 23.6. The second kappa shape index (κ2) is 13.2. The summed E-state index contributed by atoms with van der Waals surface area (Å²) in [6.07, 6.45) is 6.89. The molecule has 3 N–H and O–H groups in total. The Labute approximate surface area is 300 Å². The van der Waals surface area contributed by atoms with Crippen LogP contribution in [0.3, 0.4) is 0 Å². The Morgan fingerprint density at radius 1 is 0.900 bits per heavy atom. The minimum absolute atomic E-state index is 0.0131. The Morgan fingerprint density at radius 2 is 1.60 bits per heavy atom. The number of aromatic hydroxyl groups is 3. The standard InChI is InChI=1S/C20H26O3.C18H14Cl2O7/c1-12(21)23-19-8-7-18-17-5-3-13-11-14(22)4-6-15(13)16(17)9-10-20(18,19)2;1-5-9-16(11(20)13(22)10(5)19)26-14-6(2)8(17(23)25-4)12(21)7(3)15(14)27-18(9)24/h4,6,11,16-19,22H,3,5,7-10H2,1-2H3;21-22H,1-4H3. The zero-order valence-corrected chi connectivity index (χ0v) is 30.3. The van der Waals surface area contributed by atoms with Crippen LogP contribution in [0.2, 0.25) is 10.0 Å². The molecule has 4 aliphatic rings. The molecule has 2 fully saturated rings. The van der Waals surface area contributed by atoms with Gasteiger partial charge < -0.3 is 34.3 Å². The molecule has 0 amide bonds. The van der Waals surface area contributed by atoms with E-state index in [9.17, 15) is 29.7 Å². The highest BCUT2D eigenvalue weighted by atomic mass is 35.5. The fraction of sp³-hybridized carbons (Fsp3) is 0.447. The number of hydrogen-bond acceptors (Lipinski definition) is 10. The highest BCUT2D eigenvalue weighted by molar-refractivity contribution is 6.39. The van der Waals surface area contributed by atoms with E-state index < -0.39 is 23.4 Å². The predicted molar refractivity (Wildman–Crippen MR) is 185 cm³/mol. The molecule has 3 aromatic rings. The molecule has 5 unspecified atom stereocenters. The Morgan fingerprint density at radius 3 is 2.28 bits per heavy atom. The van der Waals surface area contributed by atoms with Crippen LogP contribution in [0.4, 0.5) is 0 Å². The molecule has 0 saturated heterocycles. The Hall–Kier alpha value is -4.15. The second-order valence-electron chi connectivity index (χ2n) is 13.9. The lowest BCUT2D eigenvalue weighted by Gasteiger charge is -2.50. The predicted octanol–water partition coefficient (Wildman–Crippen LogP) is 8.62. The minimum Gasteiger partial charge on any atom is -0.508 e. The number of aryl methyl sites for hydroxylation is 1. The van der Waals surface area contributed by atoms with Gasteiger partial charge in [-0.15, -0.1) is 0 Å². The quantitative estimate of drug-likeness (QED) is 0.173. The number of methoxy groups -OCH3 is 1. The van der Waals surface area contributed by atoms with Crippen LogP contribution in [0, 0.1) is 38.0 Å². The normalized spacial score (nSPS) is 24.4. The SMILES string of the molecule is CC(=O)OC1CCC2C3CCc4cc(O)ccc4C3CCC12C.COC(=O)c1c(C)c2c(c(C)c1O)OC(=O)c1c(C)c(Cl)c(O)c(Cl)c1O2. The molecule has 0 aromatic heterocycles. The molecule has 12 heteroatoms. The monoisotopic (exact) mass is 726 g/mol. The van der Waals surface area contributed by atoms with Crippen molar-refractivity contribution < 1.29 is 48.7 Å². The van der Waals surface area contributed by atoms with Crippen molar-refractivity contribution in [3.05, 3.63) is 67.2 Å². The van der Waals surface area contributed by atoms with E-state index in [0.29, 0.717) is 23.5 Å². The number of hydrogen-bond donors (Lipinski definition) is 3. The average molecular weight is 728 g/mol. The van der Waals surface area contributed by atoms with Crippen LogP contribution in [0.5, 0.6) is 34.5 Å². The van der Waals surface area contributed by atoms with Crippen LogP contribution < -0.4 is 9.47 Å². The molecule has 3 aliphatic carbocycles. The highest BCUT2D eigenvalue weighted by Gasteiger charge is 2.56. The Balaban J connectivity index is 0.000000175. The highest BCUT2D eigenvalue weighted by Crippen LogP contribution is 2.61. The van der Waals surface area contributed by atoms with Crippen molar-refractivity contribution in [1.82, 2.24) is 0 Å². The number of ether oxygens (including phenoxy) is 4. The van der Waals surface area contributed by atoms with Crippen LogP contribution >= 0.6 is 23.2 Å². The molecule has 1 heterocycles. The van der Waals surface area contributed by atoms with Gasteiger partial charge in [-0.25, -0.2) is 9.59 Å². The number of carbonyl (C=O) groups is 3. The molecule has 0 bridgehead atoms. The molecule has 50 heavy (non-hydrogen) atoms. The molecule has 1 aliphatic heterocycles. The third-order valence-electron chi connectivity index (χ3n) is 11.3. The summed E-state index contributed by atoms with van der Waals surface area (Å²) in [7, 11) is 1.17. The van der Waals surface area contributed by atoms with E-state index in [-0.39, 0.29) is 72.6 Å². The summed E-state index contributed by atoms with van der Waals surface area (Å²) >= 11 is 12.2. The maximum absolute atomic E-state index is 12.7. The minimum atomic E-state index is -0.835. The maximum atomic E-state index is 12.7. The van der Waals surface area contributed by atoms with Crippen molar-refractivity contribution in [1.29, 1.82) is 0 Å². The smallest absolute Gasteiger partial charge is 0.347 e. The number of carbonyl (C=O) groups excluding carboxylic acids is 3. The molecule has 2 saturated carbocycles. The molecule has 0 spiro atoms. The third kappa shape index (κ3) is 5.70. The molecular weight excluding hydrogens is 687 g/mol. The van der Waals surface area contributed by atoms with Crippen LogP contribution in [-0.4, -0.2) is 46.4 Å². The van der Waals surface area contributed by atoms with E-state index in [1.54, 1.807) is 0 Å². The summed E-state index contributed by atoms with van der Waals surface area (Å²) in [5, 5.41) is 29.9. The first-order valence-corrected chi connectivity index (χ1v) is 17.4. The number of halogens is 2. The van der Waals surface area contributed by atoms with Crippen LogP contribution in [0.15, 0.2) is 18.2 Å². The van der Waals surface area contributed by atoms with Gasteiger partial charge >= 0.3 is 17.9 Å². The number of rotatable bonds is 2. The fourth-order valence-electron chi connectivity index (χ4n) is 8.80. The van der Waals surface area contributed by atoms with Gasteiger partial charge in [-0.05, 0) is 106 Å². The lowest BCUT2D eigenvalue weighted by atomic mass is 9.55. The fourth-order valence-corrected chi connectivity index (χ4v) is 9.26. The number of fused-ring (bicyclic) bond motifs is 7. The van der Waals surface area contributed by atoms with Crippen molar-refractivity contribution >= 4 is 41.1 Å². The maximum Gasteiger partial charge on any atom is 0.347 e. The van der Waals surface area contributed by atoms with E-state index in [1.165, 1.54) is 65.2 Å². The van der Waals surface area contributed by atoms with Gasteiger partial charge in [0.2, 0.25) is 0 Å². The number of benzene rings is 3. The van der Waals surface area contributed by atoms with Gasteiger partial charge in [0, 0.05) is 23.5 Å². The van der Waals surface area contributed by atoms with E-state index in [0.717, 1.165) is 19.3 Å². The van der Waals surface area contributed by atoms with E-state index in [2.05, 4.69) is 13.0 Å². The van der Waals surface area contributed by atoms with Crippen molar-refractivity contribution in [2.75, 3.05) is 7.11 Å². The second-order valence-corrected chi connectivity index (χ2v) is 14.7. The molecule has 266 valence electrons. The molecule has 5 atom stereocenters. The van der Waals surface area contributed by atoms with Crippen molar-refractivity contribution in [2.24, 2.45) is 17.3 Å². The third-order valence-corrected chi connectivity index (χ3v) is 12.1. The average Bonchev–Trinajstić information content (AvgIpc) is 3.31. The van der Waals surface area contributed by atoms with Gasteiger partial charge in [-0.3, -0.25) is 4.79 Å². The Bertz CT molecular complexity index is 1940. The van der Waals surface area contributed by atoms with Gasteiger partial charge in [0.15, 0.2) is 23.0 Å². The molecule has 10 nitrogen and oxygen atoms in total. The van der Waals surface area contributed by atoms with Gasteiger partial charge in [0.05, 0.1) is 12.1 Å². The van der Waals surface area contributed by atoms with E-state index in [1.807, 2.05) is 12.1 Å². The summed E-state index contributed by atoms with van der Waals surface area (Å²) in [5.41, 5.74) is 3.21. The van der Waals surface area contributed by atoms with Gasteiger partial charge in [0.1, 0.15) is 33.8 Å². The molecule has 3 aromatic carbocycles.